The first kappa shape index (κ1) is 23.3. The van der Waals surface area contributed by atoms with Crippen molar-refractivity contribution in [2.24, 2.45) is 0 Å². The molecule has 1 aliphatic heterocycles. The third kappa shape index (κ3) is 6.13. The lowest BCUT2D eigenvalue weighted by molar-refractivity contribution is 0.0955. The molecular formula is C26H29F2N3O2. The molecule has 0 amide bonds. The zero-order valence-corrected chi connectivity index (χ0v) is 18.7. The van der Waals surface area contributed by atoms with Crippen LogP contribution >= 0.6 is 0 Å². The maximum absolute atomic E-state index is 13.3. The molecule has 3 aromatic rings. The first-order chi connectivity index (χ1) is 16.0. The van der Waals surface area contributed by atoms with Gasteiger partial charge < -0.3 is 20.1 Å². The van der Waals surface area contributed by atoms with E-state index in [9.17, 15) is 13.9 Å². The molecule has 174 valence electrons. The predicted octanol–water partition coefficient (Wildman–Crippen LogP) is 4.32. The fourth-order valence-electron chi connectivity index (χ4n) is 4.33. The first-order valence-electron chi connectivity index (χ1n) is 11.2. The van der Waals surface area contributed by atoms with Gasteiger partial charge in [-0.3, -0.25) is 4.98 Å². The van der Waals surface area contributed by atoms with Gasteiger partial charge in [0.1, 0.15) is 17.4 Å². The second-order valence-electron chi connectivity index (χ2n) is 8.39. The second-order valence-corrected chi connectivity index (χ2v) is 8.39. The van der Waals surface area contributed by atoms with Crippen LogP contribution in [0, 0.1) is 11.6 Å². The summed E-state index contributed by atoms with van der Waals surface area (Å²) in [5.74, 6) is -0.403. The standard InChI is InChI=1S/C26H29F2N3O2/c1-33-22-4-5-25-24(16-22)23(6-10-30-25)26(32)17-31-11-7-21(8-12-31)29-9-2-3-18-13-19(27)15-20(28)14-18/h2-6,10,13-16,21,26,29,32H,7-9,11-12,17H2,1H3/b3-2+. The monoisotopic (exact) mass is 453 g/mol. The molecule has 1 atom stereocenters. The number of piperidine rings is 1. The van der Waals surface area contributed by atoms with Gasteiger partial charge in [0.25, 0.3) is 0 Å². The van der Waals surface area contributed by atoms with Crippen molar-refractivity contribution in [3.8, 4) is 5.75 Å². The third-order valence-corrected chi connectivity index (χ3v) is 6.08. The van der Waals surface area contributed by atoms with E-state index >= 15 is 0 Å². The van der Waals surface area contributed by atoms with Crippen LogP contribution in [0.2, 0.25) is 0 Å². The van der Waals surface area contributed by atoms with E-state index in [2.05, 4.69) is 15.2 Å². The van der Waals surface area contributed by atoms with Crippen molar-refractivity contribution in [2.75, 3.05) is 33.3 Å². The summed E-state index contributed by atoms with van der Waals surface area (Å²) in [6.45, 7) is 2.98. The Morgan fingerprint density at radius 2 is 1.91 bits per heavy atom. The molecule has 0 aliphatic carbocycles. The SMILES string of the molecule is COc1ccc2nccc(C(O)CN3CCC(NC/C=C/c4cc(F)cc(F)c4)CC3)c2c1. The average Bonchev–Trinajstić information content (AvgIpc) is 2.81. The Morgan fingerprint density at radius 1 is 1.15 bits per heavy atom. The van der Waals surface area contributed by atoms with Crippen molar-refractivity contribution < 1.29 is 18.6 Å². The lowest BCUT2D eigenvalue weighted by atomic mass is 10.0. The van der Waals surface area contributed by atoms with E-state index in [1.807, 2.05) is 30.3 Å². The maximum Gasteiger partial charge on any atom is 0.126 e. The van der Waals surface area contributed by atoms with Gasteiger partial charge >= 0.3 is 0 Å². The molecule has 1 unspecified atom stereocenters. The highest BCUT2D eigenvalue weighted by Gasteiger charge is 2.22. The molecule has 1 fully saturated rings. The van der Waals surface area contributed by atoms with Gasteiger partial charge in [-0.15, -0.1) is 0 Å². The lowest BCUT2D eigenvalue weighted by Crippen LogP contribution is -2.43. The molecule has 5 nitrogen and oxygen atoms in total. The Bertz CT molecular complexity index is 1090. The highest BCUT2D eigenvalue weighted by molar-refractivity contribution is 5.83. The molecule has 2 heterocycles. The van der Waals surface area contributed by atoms with Gasteiger partial charge in [-0.05, 0) is 73.5 Å². The number of fused-ring (bicyclic) bond motifs is 1. The van der Waals surface area contributed by atoms with Gasteiger partial charge in [-0.2, -0.15) is 0 Å². The highest BCUT2D eigenvalue weighted by Crippen LogP contribution is 2.27. The Labute approximate surface area is 192 Å². The molecule has 1 aliphatic rings. The lowest BCUT2D eigenvalue weighted by Gasteiger charge is -2.33. The van der Waals surface area contributed by atoms with Gasteiger partial charge in [0.2, 0.25) is 0 Å². The number of methoxy groups -OCH3 is 1. The number of aliphatic hydroxyl groups excluding tert-OH is 1. The quantitative estimate of drug-likeness (QED) is 0.532. The number of aliphatic hydroxyl groups is 1. The number of β-amino-alcohol motifs (C(OH)–C–C–N with tert-alkyl or cyclic N) is 1. The van der Waals surface area contributed by atoms with Crippen LogP contribution in [0.1, 0.15) is 30.1 Å². The summed E-state index contributed by atoms with van der Waals surface area (Å²) in [5.41, 5.74) is 2.21. The van der Waals surface area contributed by atoms with Crippen molar-refractivity contribution in [3.63, 3.8) is 0 Å². The van der Waals surface area contributed by atoms with Crippen molar-refractivity contribution >= 4 is 17.0 Å². The summed E-state index contributed by atoms with van der Waals surface area (Å²) >= 11 is 0. The number of nitrogens with one attached hydrogen (secondary N) is 1. The number of pyridine rings is 1. The molecule has 1 aromatic heterocycles. The number of rotatable bonds is 8. The third-order valence-electron chi connectivity index (χ3n) is 6.08. The maximum atomic E-state index is 13.3. The van der Waals surface area contributed by atoms with Crippen LogP contribution in [0.15, 0.2) is 54.7 Å². The molecule has 0 radical (unpaired) electrons. The minimum Gasteiger partial charge on any atom is -0.497 e. The van der Waals surface area contributed by atoms with E-state index in [4.69, 9.17) is 4.74 Å². The van der Waals surface area contributed by atoms with Gasteiger partial charge in [0, 0.05) is 36.8 Å². The van der Waals surface area contributed by atoms with Crippen molar-refractivity contribution in [1.29, 1.82) is 0 Å². The number of halogens is 2. The van der Waals surface area contributed by atoms with Crippen molar-refractivity contribution in [3.05, 3.63) is 77.5 Å². The van der Waals surface area contributed by atoms with E-state index in [-0.39, 0.29) is 0 Å². The molecule has 2 aromatic carbocycles. The fourth-order valence-corrected chi connectivity index (χ4v) is 4.33. The van der Waals surface area contributed by atoms with Crippen LogP contribution in [-0.2, 0) is 0 Å². The number of benzene rings is 2. The molecule has 0 spiro atoms. The van der Waals surface area contributed by atoms with Gasteiger partial charge in [0.05, 0.1) is 18.7 Å². The van der Waals surface area contributed by atoms with E-state index in [1.165, 1.54) is 12.1 Å². The van der Waals surface area contributed by atoms with Crippen molar-refractivity contribution in [1.82, 2.24) is 15.2 Å². The fraction of sp³-hybridized carbons (Fsp3) is 0.346. The normalized spacial score (nSPS) is 16.5. The summed E-state index contributed by atoms with van der Waals surface area (Å²) in [7, 11) is 1.63. The smallest absolute Gasteiger partial charge is 0.126 e. The number of hydrogen-bond donors (Lipinski definition) is 2. The number of likely N-dealkylation sites (tertiary alicyclic amines) is 1. The minimum atomic E-state index is -0.610. The molecule has 4 rings (SSSR count). The van der Waals surface area contributed by atoms with Gasteiger partial charge in [-0.25, -0.2) is 8.78 Å². The van der Waals surface area contributed by atoms with Gasteiger partial charge in [-0.1, -0.05) is 12.2 Å². The van der Waals surface area contributed by atoms with E-state index in [0.29, 0.717) is 24.7 Å². The van der Waals surface area contributed by atoms with E-state index in [0.717, 1.165) is 54.2 Å². The Balaban J connectivity index is 1.26. The van der Waals surface area contributed by atoms with E-state index < -0.39 is 17.7 Å². The summed E-state index contributed by atoms with van der Waals surface area (Å²) in [5, 5.41) is 15.3. The topological polar surface area (TPSA) is 57.6 Å². The summed E-state index contributed by atoms with van der Waals surface area (Å²) in [4.78, 5) is 6.67. The molecule has 2 N–H and O–H groups in total. The number of hydrogen-bond acceptors (Lipinski definition) is 5. The molecule has 0 bridgehead atoms. The number of ether oxygens (including phenoxy) is 1. The molecular weight excluding hydrogens is 424 g/mol. The highest BCUT2D eigenvalue weighted by atomic mass is 19.1. The molecule has 0 saturated carbocycles. The zero-order valence-electron chi connectivity index (χ0n) is 18.7. The van der Waals surface area contributed by atoms with Crippen molar-refractivity contribution in [2.45, 2.75) is 25.0 Å². The van der Waals surface area contributed by atoms with Crippen LogP contribution < -0.4 is 10.1 Å². The Kier molecular flexibility index (Phi) is 7.65. The molecule has 1 saturated heterocycles. The summed E-state index contributed by atoms with van der Waals surface area (Å²) in [6.07, 6.45) is 6.67. The second kappa shape index (κ2) is 10.8. The number of aromatic nitrogens is 1. The minimum absolute atomic E-state index is 0.373. The predicted molar refractivity (Wildman–Crippen MR) is 126 cm³/mol. The van der Waals surface area contributed by atoms with Gasteiger partial charge in [0.15, 0.2) is 0 Å². The molecule has 33 heavy (non-hydrogen) atoms. The Morgan fingerprint density at radius 3 is 2.64 bits per heavy atom. The summed E-state index contributed by atoms with van der Waals surface area (Å²) < 4.78 is 31.8. The average molecular weight is 454 g/mol. The van der Waals surface area contributed by atoms with Crippen LogP contribution in [0.4, 0.5) is 8.78 Å². The van der Waals surface area contributed by atoms with Crippen LogP contribution in [0.25, 0.3) is 17.0 Å². The van der Waals surface area contributed by atoms with Crippen LogP contribution in [0.3, 0.4) is 0 Å². The number of nitrogens with zero attached hydrogens (tertiary/aromatic N) is 2. The van der Waals surface area contributed by atoms with E-state index in [1.54, 1.807) is 19.4 Å². The molecule has 7 heteroatoms. The van der Waals surface area contributed by atoms with Crippen LogP contribution in [0.5, 0.6) is 5.75 Å². The van der Waals surface area contributed by atoms with Crippen LogP contribution in [-0.4, -0.2) is 54.3 Å². The zero-order chi connectivity index (χ0) is 23.2. The first-order valence-corrected chi connectivity index (χ1v) is 11.2. The largest absolute Gasteiger partial charge is 0.497 e. The Hall–Kier alpha value is -2.87. The summed E-state index contributed by atoms with van der Waals surface area (Å²) in [6, 6.07) is 11.4.